The summed E-state index contributed by atoms with van der Waals surface area (Å²) in [5.74, 6) is 0.913. The summed E-state index contributed by atoms with van der Waals surface area (Å²) in [7, 11) is 4.26. The Kier molecular flexibility index (Phi) is 4.94. The predicted octanol–water partition coefficient (Wildman–Crippen LogP) is 3.16. The number of aromatic hydroxyl groups is 1. The van der Waals surface area contributed by atoms with Gasteiger partial charge < -0.3 is 14.2 Å². The minimum atomic E-state index is -0.188. The van der Waals surface area contributed by atoms with Gasteiger partial charge >= 0.3 is 0 Å². The first kappa shape index (κ1) is 14.8. The van der Waals surface area contributed by atoms with Crippen molar-refractivity contribution in [3.05, 3.63) is 53.6 Å². The Labute approximate surface area is 121 Å². The van der Waals surface area contributed by atoms with E-state index in [0.717, 1.165) is 5.56 Å². The summed E-state index contributed by atoms with van der Waals surface area (Å²) in [6, 6.07) is 11.7. The molecule has 0 aromatic heterocycles. The molecule has 104 valence electrons. The normalized spacial score (nSPS) is 10.1. The lowest BCUT2D eigenvalue weighted by Crippen LogP contribution is -2.04. The van der Waals surface area contributed by atoms with Gasteiger partial charge in [-0.15, -0.1) is 0 Å². The largest absolute Gasteiger partial charge is 0.507 e. The summed E-state index contributed by atoms with van der Waals surface area (Å²) in [6.45, 7) is 0. The number of hydrogen-bond donors (Lipinski definition) is 1. The van der Waals surface area contributed by atoms with E-state index in [1.807, 2.05) is 12.1 Å². The van der Waals surface area contributed by atoms with Crippen molar-refractivity contribution in [2.45, 2.75) is 6.42 Å². The van der Waals surface area contributed by atoms with Crippen molar-refractivity contribution >= 4 is 24.7 Å². The highest BCUT2D eigenvalue weighted by atomic mass is 31.0. The summed E-state index contributed by atoms with van der Waals surface area (Å²) in [5, 5.41) is 9.77. The Balaban J connectivity index is 2.23. The number of benzene rings is 2. The van der Waals surface area contributed by atoms with Crippen LogP contribution in [0.3, 0.4) is 0 Å². The summed E-state index contributed by atoms with van der Waals surface area (Å²) in [6.07, 6.45) is 0.176. The Morgan fingerprint density at radius 2 is 1.75 bits per heavy atom. The van der Waals surface area contributed by atoms with Crippen molar-refractivity contribution in [3.63, 3.8) is 0 Å². The highest BCUT2D eigenvalue weighted by Crippen LogP contribution is 2.26. The van der Waals surface area contributed by atoms with Gasteiger partial charge in [-0.3, -0.25) is 4.79 Å². The van der Waals surface area contributed by atoms with Crippen LogP contribution in [-0.4, -0.2) is 10.9 Å². The Hall–Kier alpha value is -1.63. The van der Waals surface area contributed by atoms with Gasteiger partial charge in [0.05, 0.1) is 24.5 Å². The van der Waals surface area contributed by atoms with Crippen LogP contribution >= 0.6 is 18.9 Å². The maximum Gasteiger partial charge on any atom is 0.171 e. The molecule has 0 radical (unpaired) electrons. The standard InChI is InChI=1S/C14H14O4P2/c15-13-5-4-11(18-20)8-12(13)14(16)7-9-2-1-3-10(6-9)17-19/h1-6,8,15H,7,19-20H2. The molecule has 0 bridgehead atoms. The third-order valence-corrected chi connectivity index (χ3v) is 3.35. The van der Waals surface area contributed by atoms with Crippen LogP contribution in [0.15, 0.2) is 42.5 Å². The van der Waals surface area contributed by atoms with Crippen LogP contribution in [0.2, 0.25) is 0 Å². The topological polar surface area (TPSA) is 55.8 Å². The van der Waals surface area contributed by atoms with Crippen LogP contribution in [0.1, 0.15) is 15.9 Å². The van der Waals surface area contributed by atoms with E-state index in [-0.39, 0.29) is 23.5 Å². The van der Waals surface area contributed by atoms with Gasteiger partial charge in [-0.2, -0.15) is 0 Å². The molecule has 2 aromatic carbocycles. The molecule has 6 heteroatoms. The van der Waals surface area contributed by atoms with Crippen LogP contribution < -0.4 is 9.05 Å². The van der Waals surface area contributed by atoms with Crippen molar-refractivity contribution in [2.75, 3.05) is 0 Å². The number of phenolic OH excluding ortho intramolecular Hbond substituents is 1. The molecule has 0 heterocycles. The van der Waals surface area contributed by atoms with Crippen molar-refractivity contribution in [3.8, 4) is 17.2 Å². The number of carbonyl (C=O) groups excluding carboxylic acids is 1. The zero-order chi connectivity index (χ0) is 14.5. The van der Waals surface area contributed by atoms with Crippen LogP contribution in [0.25, 0.3) is 0 Å². The summed E-state index contributed by atoms with van der Waals surface area (Å²) >= 11 is 0. The second kappa shape index (κ2) is 6.69. The molecule has 1 N–H and O–H groups in total. The molecular formula is C14H14O4P2. The van der Waals surface area contributed by atoms with E-state index in [2.05, 4.69) is 18.9 Å². The zero-order valence-corrected chi connectivity index (χ0v) is 12.9. The van der Waals surface area contributed by atoms with E-state index in [1.165, 1.54) is 12.1 Å². The zero-order valence-electron chi connectivity index (χ0n) is 10.6. The molecule has 0 saturated carbocycles. The number of hydrogen-bond acceptors (Lipinski definition) is 4. The highest BCUT2D eigenvalue weighted by Gasteiger charge is 2.13. The molecule has 4 nitrogen and oxygen atoms in total. The molecule has 2 rings (SSSR count). The molecule has 0 amide bonds. The average Bonchev–Trinajstić information content (AvgIpc) is 2.47. The molecule has 0 fully saturated rings. The number of Topliss-reactive ketones (excluding diaryl/α,β-unsaturated/α-hetero) is 1. The Bertz CT molecular complexity index is 628. The Morgan fingerprint density at radius 1 is 1.05 bits per heavy atom. The predicted molar refractivity (Wildman–Crippen MR) is 83.3 cm³/mol. The minimum absolute atomic E-state index is 0.0562. The molecule has 0 aliphatic heterocycles. The fourth-order valence-electron chi connectivity index (χ4n) is 1.82. The summed E-state index contributed by atoms with van der Waals surface area (Å²) in [4.78, 5) is 12.2. The van der Waals surface area contributed by atoms with E-state index in [9.17, 15) is 9.90 Å². The lowest BCUT2D eigenvalue weighted by molar-refractivity contribution is 0.0990. The van der Waals surface area contributed by atoms with Crippen molar-refractivity contribution in [1.29, 1.82) is 0 Å². The van der Waals surface area contributed by atoms with Gasteiger partial charge in [0.2, 0.25) is 0 Å². The fraction of sp³-hybridized carbons (Fsp3) is 0.0714. The van der Waals surface area contributed by atoms with E-state index < -0.39 is 0 Å². The van der Waals surface area contributed by atoms with Crippen molar-refractivity contribution in [1.82, 2.24) is 0 Å². The second-order valence-electron chi connectivity index (χ2n) is 4.16. The molecule has 0 aliphatic carbocycles. The van der Waals surface area contributed by atoms with E-state index in [0.29, 0.717) is 11.5 Å². The number of phenols is 1. The van der Waals surface area contributed by atoms with Crippen LogP contribution in [0, 0.1) is 0 Å². The molecule has 2 atom stereocenters. The third kappa shape index (κ3) is 3.47. The highest BCUT2D eigenvalue weighted by molar-refractivity contribution is 7.10. The first-order valence-corrected chi connectivity index (χ1v) is 6.77. The minimum Gasteiger partial charge on any atom is -0.507 e. The average molecular weight is 308 g/mol. The molecular weight excluding hydrogens is 294 g/mol. The first-order valence-electron chi connectivity index (χ1n) is 5.82. The maximum atomic E-state index is 12.2. The van der Waals surface area contributed by atoms with Gasteiger partial charge in [0, 0.05) is 6.42 Å². The van der Waals surface area contributed by atoms with Crippen molar-refractivity contribution < 1.29 is 18.9 Å². The van der Waals surface area contributed by atoms with Crippen LogP contribution in [0.4, 0.5) is 0 Å². The van der Waals surface area contributed by atoms with Gasteiger partial charge in [0.1, 0.15) is 17.2 Å². The van der Waals surface area contributed by atoms with E-state index in [4.69, 9.17) is 9.05 Å². The molecule has 0 aliphatic rings. The molecule has 20 heavy (non-hydrogen) atoms. The van der Waals surface area contributed by atoms with Gasteiger partial charge in [-0.25, -0.2) is 0 Å². The number of carbonyl (C=O) groups is 1. The smallest absolute Gasteiger partial charge is 0.171 e. The summed E-state index contributed by atoms with van der Waals surface area (Å²) < 4.78 is 10.0. The van der Waals surface area contributed by atoms with Gasteiger partial charge in [-0.1, -0.05) is 12.1 Å². The van der Waals surface area contributed by atoms with E-state index in [1.54, 1.807) is 18.2 Å². The molecule has 2 unspecified atom stereocenters. The van der Waals surface area contributed by atoms with Crippen LogP contribution in [-0.2, 0) is 6.42 Å². The molecule has 0 saturated heterocycles. The lowest BCUT2D eigenvalue weighted by atomic mass is 10.0. The quantitative estimate of drug-likeness (QED) is 0.681. The number of rotatable bonds is 5. The monoisotopic (exact) mass is 308 g/mol. The van der Waals surface area contributed by atoms with Gasteiger partial charge in [0.25, 0.3) is 0 Å². The van der Waals surface area contributed by atoms with Gasteiger partial charge in [-0.05, 0) is 35.9 Å². The molecule has 2 aromatic rings. The van der Waals surface area contributed by atoms with Crippen molar-refractivity contribution in [2.24, 2.45) is 0 Å². The van der Waals surface area contributed by atoms with Crippen LogP contribution in [0.5, 0.6) is 17.2 Å². The molecule has 0 spiro atoms. The fourth-order valence-corrected chi connectivity index (χ4v) is 2.11. The Morgan fingerprint density at radius 3 is 2.45 bits per heavy atom. The second-order valence-corrected chi connectivity index (χ2v) is 4.63. The SMILES string of the molecule is O=C(Cc1cccc(OP)c1)c1cc(OP)ccc1O. The van der Waals surface area contributed by atoms with E-state index >= 15 is 0 Å². The lowest BCUT2D eigenvalue weighted by Gasteiger charge is -2.07. The maximum absolute atomic E-state index is 12.2. The third-order valence-electron chi connectivity index (χ3n) is 2.80. The number of ketones is 1. The van der Waals surface area contributed by atoms with Gasteiger partial charge in [0.15, 0.2) is 5.78 Å². The first-order chi connectivity index (χ1) is 9.63. The summed E-state index contributed by atoms with van der Waals surface area (Å²) in [5.41, 5.74) is 1.05.